The predicted molar refractivity (Wildman–Crippen MR) is 51.1 cm³/mol. The molecule has 6 heteroatoms. The number of allylic oxidation sites excluding steroid dienone is 2. The third-order valence-corrected chi connectivity index (χ3v) is 1.36. The van der Waals surface area contributed by atoms with Gasteiger partial charge in [-0.2, -0.15) is 26.3 Å². The zero-order valence-electron chi connectivity index (χ0n) is 9.25. The highest BCUT2D eigenvalue weighted by molar-refractivity contribution is 4.87. The fourth-order valence-electron chi connectivity index (χ4n) is 0.629. The van der Waals surface area contributed by atoms with Gasteiger partial charge in [0.05, 0.1) is 0 Å². The van der Waals surface area contributed by atoms with E-state index in [1.54, 1.807) is 13.8 Å². The molecule has 0 nitrogen and oxygen atoms in total. The lowest BCUT2D eigenvalue weighted by molar-refractivity contribution is -0.135. The highest BCUT2D eigenvalue weighted by Gasteiger charge is 2.25. The van der Waals surface area contributed by atoms with E-state index >= 15 is 0 Å². The lowest BCUT2D eigenvalue weighted by Crippen LogP contribution is -2.05. The van der Waals surface area contributed by atoms with E-state index in [-0.39, 0.29) is 12.5 Å². The van der Waals surface area contributed by atoms with Crippen LogP contribution in [0.15, 0.2) is 12.2 Å². The van der Waals surface area contributed by atoms with Gasteiger partial charge in [-0.25, -0.2) is 0 Å². The maximum atomic E-state index is 11.2. The molecule has 0 aromatic rings. The summed E-state index contributed by atoms with van der Waals surface area (Å²) in [4.78, 5) is 0. The molecule has 0 unspecified atom stereocenters. The SMILES string of the molecule is CCC=CC(F)(F)F.CCCCC(F)(F)F. The van der Waals surface area contributed by atoms with E-state index in [0.29, 0.717) is 12.8 Å². The lowest BCUT2D eigenvalue weighted by Gasteiger charge is -2.02. The topological polar surface area (TPSA) is 0 Å². The Morgan fingerprint density at radius 2 is 1.44 bits per heavy atom. The number of alkyl halides is 6. The Kier molecular flexibility index (Phi) is 9.37. The van der Waals surface area contributed by atoms with Crippen LogP contribution in [0, 0.1) is 0 Å². The van der Waals surface area contributed by atoms with Gasteiger partial charge in [-0.05, 0) is 12.8 Å². The first-order valence-corrected chi connectivity index (χ1v) is 4.93. The number of hydrogen-bond acceptors (Lipinski definition) is 0. The summed E-state index contributed by atoms with van der Waals surface area (Å²) in [6, 6.07) is 0. The Bertz CT molecular complexity index is 177. The van der Waals surface area contributed by atoms with E-state index in [4.69, 9.17) is 0 Å². The van der Waals surface area contributed by atoms with Gasteiger partial charge in [0.25, 0.3) is 0 Å². The number of unbranched alkanes of at least 4 members (excludes halogenated alkanes) is 1. The molecule has 0 aliphatic carbocycles. The zero-order chi connectivity index (χ0) is 13.2. The van der Waals surface area contributed by atoms with Crippen LogP contribution in [0.5, 0.6) is 0 Å². The maximum absolute atomic E-state index is 11.2. The van der Waals surface area contributed by atoms with Crippen molar-refractivity contribution in [2.24, 2.45) is 0 Å². The molecule has 0 bridgehead atoms. The van der Waals surface area contributed by atoms with Crippen LogP contribution in [0.25, 0.3) is 0 Å². The molecule has 0 spiro atoms. The Balaban J connectivity index is 0. The van der Waals surface area contributed by atoms with Gasteiger partial charge < -0.3 is 0 Å². The van der Waals surface area contributed by atoms with Crippen molar-refractivity contribution < 1.29 is 26.3 Å². The van der Waals surface area contributed by atoms with Gasteiger partial charge in [-0.1, -0.05) is 26.3 Å². The molecular weight excluding hydrogens is 234 g/mol. The van der Waals surface area contributed by atoms with Gasteiger partial charge >= 0.3 is 12.4 Å². The monoisotopic (exact) mass is 250 g/mol. The van der Waals surface area contributed by atoms with Gasteiger partial charge in [0.1, 0.15) is 0 Å². The third-order valence-electron chi connectivity index (χ3n) is 1.36. The molecule has 16 heavy (non-hydrogen) atoms. The molecule has 0 saturated heterocycles. The largest absolute Gasteiger partial charge is 0.409 e. The van der Waals surface area contributed by atoms with Crippen LogP contribution in [0.1, 0.15) is 39.5 Å². The van der Waals surface area contributed by atoms with E-state index < -0.39 is 18.8 Å². The van der Waals surface area contributed by atoms with Gasteiger partial charge in [0.2, 0.25) is 0 Å². The van der Waals surface area contributed by atoms with Gasteiger partial charge in [-0.15, -0.1) is 0 Å². The van der Waals surface area contributed by atoms with E-state index in [1.807, 2.05) is 0 Å². The van der Waals surface area contributed by atoms with Crippen LogP contribution < -0.4 is 0 Å². The molecule has 0 aliphatic rings. The first-order chi connectivity index (χ1) is 7.12. The molecular formula is C10H16F6. The van der Waals surface area contributed by atoms with Crippen LogP contribution in [-0.2, 0) is 0 Å². The molecule has 0 radical (unpaired) electrons. The summed E-state index contributed by atoms with van der Waals surface area (Å²) in [5.74, 6) is 0. The predicted octanol–water partition coefficient (Wildman–Crippen LogP) is 5.25. The Morgan fingerprint density at radius 3 is 1.56 bits per heavy atom. The second-order valence-electron chi connectivity index (χ2n) is 3.07. The molecule has 0 atom stereocenters. The minimum Gasteiger partial charge on any atom is -0.171 e. The summed E-state index contributed by atoms with van der Waals surface area (Å²) in [6.07, 6.45) is -6.09. The van der Waals surface area contributed by atoms with E-state index in [0.717, 1.165) is 6.08 Å². The highest BCUT2D eigenvalue weighted by Crippen LogP contribution is 2.21. The fourth-order valence-corrected chi connectivity index (χ4v) is 0.629. The Labute approximate surface area is 91.3 Å². The van der Waals surface area contributed by atoms with Crippen LogP contribution in [0.4, 0.5) is 26.3 Å². The van der Waals surface area contributed by atoms with Crippen molar-refractivity contribution >= 4 is 0 Å². The lowest BCUT2D eigenvalue weighted by atomic mass is 10.2. The first-order valence-electron chi connectivity index (χ1n) is 4.93. The molecule has 0 saturated carbocycles. The molecule has 0 N–H and O–H groups in total. The molecule has 0 aliphatic heterocycles. The van der Waals surface area contributed by atoms with Gasteiger partial charge in [0, 0.05) is 12.5 Å². The Hall–Kier alpha value is -0.680. The van der Waals surface area contributed by atoms with Crippen molar-refractivity contribution in [3.63, 3.8) is 0 Å². The standard InChI is InChI=1S/C5H9F3.C5H7F3/c2*1-2-3-4-5(6,7)8/h2-4H2,1H3;3-4H,2H2,1H3. The smallest absolute Gasteiger partial charge is 0.171 e. The molecule has 0 aromatic carbocycles. The molecule has 0 rings (SSSR count). The number of halogens is 6. The van der Waals surface area contributed by atoms with E-state index in [2.05, 4.69) is 0 Å². The first kappa shape index (κ1) is 17.7. The van der Waals surface area contributed by atoms with Crippen LogP contribution >= 0.6 is 0 Å². The van der Waals surface area contributed by atoms with Gasteiger partial charge in [-0.3, -0.25) is 0 Å². The second-order valence-corrected chi connectivity index (χ2v) is 3.07. The summed E-state index contributed by atoms with van der Waals surface area (Å²) < 4.78 is 67.2. The third kappa shape index (κ3) is 23.3. The molecule has 0 heterocycles. The average Bonchev–Trinajstić information content (AvgIpc) is 2.10. The normalized spacial score (nSPS) is 12.5. The summed E-state index contributed by atoms with van der Waals surface area (Å²) in [5, 5.41) is 0. The summed E-state index contributed by atoms with van der Waals surface area (Å²) >= 11 is 0. The molecule has 98 valence electrons. The van der Waals surface area contributed by atoms with Crippen molar-refractivity contribution in [3.8, 4) is 0 Å². The van der Waals surface area contributed by atoms with E-state index in [1.165, 1.54) is 0 Å². The van der Waals surface area contributed by atoms with Crippen molar-refractivity contribution in [2.75, 3.05) is 0 Å². The van der Waals surface area contributed by atoms with Gasteiger partial charge in [0.15, 0.2) is 0 Å². The molecule has 0 fully saturated rings. The minimum atomic E-state index is -4.13. The number of hydrogen-bond donors (Lipinski definition) is 0. The van der Waals surface area contributed by atoms with Crippen molar-refractivity contribution in [3.05, 3.63) is 12.2 Å². The summed E-state index contributed by atoms with van der Waals surface area (Å²) in [6.45, 7) is 3.40. The van der Waals surface area contributed by atoms with Crippen LogP contribution in [-0.4, -0.2) is 12.4 Å². The van der Waals surface area contributed by atoms with E-state index in [9.17, 15) is 26.3 Å². The summed E-state index contributed by atoms with van der Waals surface area (Å²) in [7, 11) is 0. The fraction of sp³-hybridized carbons (Fsp3) is 0.800. The highest BCUT2D eigenvalue weighted by atomic mass is 19.4. The molecule has 0 aromatic heterocycles. The Morgan fingerprint density at radius 1 is 0.938 bits per heavy atom. The van der Waals surface area contributed by atoms with Crippen molar-refractivity contribution in [1.82, 2.24) is 0 Å². The van der Waals surface area contributed by atoms with Crippen molar-refractivity contribution in [2.45, 2.75) is 51.9 Å². The minimum absolute atomic E-state index is 0.243. The van der Waals surface area contributed by atoms with Crippen LogP contribution in [0.3, 0.4) is 0 Å². The maximum Gasteiger partial charge on any atom is 0.409 e. The molecule has 0 amide bonds. The number of rotatable bonds is 3. The van der Waals surface area contributed by atoms with Crippen molar-refractivity contribution in [1.29, 1.82) is 0 Å². The average molecular weight is 250 g/mol. The zero-order valence-corrected chi connectivity index (χ0v) is 9.25. The summed E-state index contributed by atoms with van der Waals surface area (Å²) in [5.41, 5.74) is 0. The van der Waals surface area contributed by atoms with Crippen LogP contribution in [0.2, 0.25) is 0 Å². The second kappa shape index (κ2) is 8.47. The quantitative estimate of drug-likeness (QED) is 0.473.